The van der Waals surface area contributed by atoms with Crippen molar-refractivity contribution in [2.75, 3.05) is 6.26 Å². The van der Waals surface area contributed by atoms with Gasteiger partial charge in [0.1, 0.15) is 0 Å². The molecule has 1 aromatic rings. The largest absolute Gasteiger partial charge is 0.295 e. The lowest BCUT2D eigenvalue weighted by atomic mass is 10.1. The van der Waals surface area contributed by atoms with Crippen LogP contribution in [-0.4, -0.2) is 12.0 Å². The standard InChI is InChI=1S/C10H12OS/c1-7-4-9(8(2)11)6-10(5-7)12-3/h4-6H,1-3H3. The van der Waals surface area contributed by atoms with Gasteiger partial charge in [0.2, 0.25) is 0 Å². The molecule has 0 aromatic heterocycles. The van der Waals surface area contributed by atoms with Crippen molar-refractivity contribution in [3.63, 3.8) is 0 Å². The van der Waals surface area contributed by atoms with Crippen LogP contribution in [0.5, 0.6) is 0 Å². The minimum Gasteiger partial charge on any atom is -0.295 e. The Bertz CT molecular complexity index is 305. The number of aryl methyl sites for hydroxylation is 1. The monoisotopic (exact) mass is 180 g/mol. The maximum atomic E-state index is 11.1. The van der Waals surface area contributed by atoms with Crippen molar-refractivity contribution in [3.8, 4) is 0 Å². The number of hydrogen-bond donors (Lipinski definition) is 0. The number of Topliss-reactive ketones (excluding diaryl/α,β-unsaturated/α-hetero) is 1. The summed E-state index contributed by atoms with van der Waals surface area (Å²) in [7, 11) is 0. The fourth-order valence-electron chi connectivity index (χ4n) is 1.07. The summed E-state index contributed by atoms with van der Waals surface area (Å²) < 4.78 is 0. The lowest BCUT2D eigenvalue weighted by Crippen LogP contribution is -1.92. The smallest absolute Gasteiger partial charge is 0.159 e. The van der Waals surface area contributed by atoms with Gasteiger partial charge in [0, 0.05) is 10.5 Å². The second-order valence-corrected chi connectivity index (χ2v) is 3.67. The highest BCUT2D eigenvalue weighted by Crippen LogP contribution is 2.18. The van der Waals surface area contributed by atoms with Gasteiger partial charge in [-0.1, -0.05) is 0 Å². The Morgan fingerprint density at radius 1 is 1.33 bits per heavy atom. The number of thioether (sulfide) groups is 1. The molecule has 0 unspecified atom stereocenters. The minimum absolute atomic E-state index is 0.133. The average Bonchev–Trinajstić information content (AvgIpc) is 2.03. The van der Waals surface area contributed by atoms with E-state index in [1.54, 1.807) is 18.7 Å². The molecule has 0 atom stereocenters. The van der Waals surface area contributed by atoms with Crippen LogP contribution < -0.4 is 0 Å². The maximum absolute atomic E-state index is 11.1. The first kappa shape index (κ1) is 9.33. The highest BCUT2D eigenvalue weighted by Gasteiger charge is 2.01. The fraction of sp³-hybridized carbons (Fsp3) is 0.300. The van der Waals surface area contributed by atoms with Gasteiger partial charge in [0.05, 0.1) is 0 Å². The van der Waals surface area contributed by atoms with E-state index in [9.17, 15) is 4.79 Å². The summed E-state index contributed by atoms with van der Waals surface area (Å²) in [5.74, 6) is 0.133. The van der Waals surface area contributed by atoms with Crippen LogP contribution >= 0.6 is 11.8 Å². The van der Waals surface area contributed by atoms with Crippen molar-refractivity contribution in [2.24, 2.45) is 0 Å². The molecule has 0 saturated heterocycles. The quantitative estimate of drug-likeness (QED) is 0.514. The van der Waals surface area contributed by atoms with E-state index in [1.165, 1.54) is 0 Å². The summed E-state index contributed by atoms with van der Waals surface area (Å²) in [5, 5.41) is 0. The first-order valence-electron chi connectivity index (χ1n) is 3.80. The van der Waals surface area contributed by atoms with Crippen molar-refractivity contribution >= 4 is 17.5 Å². The van der Waals surface area contributed by atoms with E-state index in [1.807, 2.05) is 25.3 Å². The molecule has 1 rings (SSSR count). The van der Waals surface area contributed by atoms with Gasteiger partial charge in [0.25, 0.3) is 0 Å². The third kappa shape index (κ3) is 2.11. The van der Waals surface area contributed by atoms with E-state index < -0.39 is 0 Å². The Hall–Kier alpha value is -0.760. The maximum Gasteiger partial charge on any atom is 0.159 e. The van der Waals surface area contributed by atoms with Gasteiger partial charge in [-0.05, 0) is 43.9 Å². The van der Waals surface area contributed by atoms with E-state index in [0.717, 1.165) is 16.0 Å². The van der Waals surface area contributed by atoms with E-state index in [2.05, 4.69) is 6.07 Å². The van der Waals surface area contributed by atoms with Gasteiger partial charge < -0.3 is 0 Å². The van der Waals surface area contributed by atoms with Crippen molar-refractivity contribution in [2.45, 2.75) is 18.7 Å². The van der Waals surface area contributed by atoms with Crippen LogP contribution in [-0.2, 0) is 0 Å². The summed E-state index contributed by atoms with van der Waals surface area (Å²) >= 11 is 1.66. The number of ketones is 1. The minimum atomic E-state index is 0.133. The zero-order valence-corrected chi connectivity index (χ0v) is 8.37. The van der Waals surface area contributed by atoms with E-state index >= 15 is 0 Å². The van der Waals surface area contributed by atoms with Crippen molar-refractivity contribution in [1.82, 2.24) is 0 Å². The molecule has 1 aromatic carbocycles. The van der Waals surface area contributed by atoms with Crippen molar-refractivity contribution in [1.29, 1.82) is 0 Å². The molecule has 0 aliphatic heterocycles. The molecule has 0 saturated carbocycles. The van der Waals surface area contributed by atoms with Crippen LogP contribution in [0.3, 0.4) is 0 Å². The molecule has 2 heteroatoms. The lowest BCUT2D eigenvalue weighted by Gasteiger charge is -2.01. The van der Waals surface area contributed by atoms with Gasteiger partial charge in [-0.25, -0.2) is 0 Å². The van der Waals surface area contributed by atoms with Crippen LogP contribution in [0.1, 0.15) is 22.8 Å². The number of hydrogen-bond acceptors (Lipinski definition) is 2. The molecular weight excluding hydrogens is 168 g/mol. The molecule has 1 nitrogen and oxygen atoms in total. The Kier molecular flexibility index (Phi) is 2.93. The van der Waals surface area contributed by atoms with Gasteiger partial charge in [0.15, 0.2) is 5.78 Å². The molecule has 0 radical (unpaired) electrons. The van der Waals surface area contributed by atoms with E-state index in [-0.39, 0.29) is 5.78 Å². The Balaban J connectivity index is 3.15. The van der Waals surface area contributed by atoms with Crippen molar-refractivity contribution < 1.29 is 4.79 Å². The number of benzene rings is 1. The van der Waals surface area contributed by atoms with E-state index in [0.29, 0.717) is 0 Å². The summed E-state index contributed by atoms with van der Waals surface area (Å²) in [4.78, 5) is 12.2. The molecule has 0 aliphatic carbocycles. The molecule has 0 fully saturated rings. The summed E-state index contributed by atoms with van der Waals surface area (Å²) in [5.41, 5.74) is 1.95. The zero-order chi connectivity index (χ0) is 9.14. The Labute approximate surface area is 77.2 Å². The van der Waals surface area contributed by atoms with E-state index in [4.69, 9.17) is 0 Å². The first-order chi connectivity index (χ1) is 5.63. The molecule has 0 bridgehead atoms. The van der Waals surface area contributed by atoms with Gasteiger partial charge >= 0.3 is 0 Å². The number of rotatable bonds is 2. The normalized spacial score (nSPS) is 9.92. The Morgan fingerprint density at radius 3 is 2.50 bits per heavy atom. The average molecular weight is 180 g/mol. The highest BCUT2D eigenvalue weighted by atomic mass is 32.2. The predicted octanol–water partition coefficient (Wildman–Crippen LogP) is 2.92. The molecule has 0 amide bonds. The van der Waals surface area contributed by atoms with Crippen LogP contribution in [0.25, 0.3) is 0 Å². The second-order valence-electron chi connectivity index (χ2n) is 2.80. The molecule has 64 valence electrons. The lowest BCUT2D eigenvalue weighted by molar-refractivity contribution is 0.101. The molecule has 0 spiro atoms. The summed E-state index contributed by atoms with van der Waals surface area (Å²) in [6.07, 6.45) is 2.01. The fourth-order valence-corrected chi connectivity index (χ4v) is 1.62. The van der Waals surface area contributed by atoms with Crippen molar-refractivity contribution in [3.05, 3.63) is 29.3 Å². The zero-order valence-electron chi connectivity index (χ0n) is 7.55. The molecule has 0 aliphatic rings. The molecule has 12 heavy (non-hydrogen) atoms. The first-order valence-corrected chi connectivity index (χ1v) is 5.02. The van der Waals surface area contributed by atoms with Crippen LogP contribution in [0, 0.1) is 6.92 Å². The summed E-state index contributed by atoms with van der Waals surface area (Å²) in [6, 6.07) is 5.93. The third-order valence-electron chi connectivity index (χ3n) is 1.69. The molecular formula is C10H12OS. The second kappa shape index (κ2) is 3.76. The van der Waals surface area contributed by atoms with Gasteiger partial charge in [-0.2, -0.15) is 0 Å². The third-order valence-corrected chi connectivity index (χ3v) is 2.40. The molecule has 0 N–H and O–H groups in total. The van der Waals surface area contributed by atoms with Gasteiger partial charge in [-0.15, -0.1) is 11.8 Å². The SMILES string of the molecule is CSc1cc(C)cc(C(C)=O)c1. The molecule has 0 heterocycles. The topological polar surface area (TPSA) is 17.1 Å². The number of carbonyl (C=O) groups is 1. The highest BCUT2D eigenvalue weighted by molar-refractivity contribution is 7.98. The van der Waals surface area contributed by atoms with Gasteiger partial charge in [-0.3, -0.25) is 4.79 Å². The Morgan fingerprint density at radius 2 is 2.00 bits per heavy atom. The van der Waals surface area contributed by atoms with Crippen LogP contribution in [0.2, 0.25) is 0 Å². The summed E-state index contributed by atoms with van der Waals surface area (Å²) in [6.45, 7) is 3.60. The van der Waals surface area contributed by atoms with Crippen LogP contribution in [0.4, 0.5) is 0 Å². The van der Waals surface area contributed by atoms with Crippen LogP contribution in [0.15, 0.2) is 23.1 Å². The predicted molar refractivity (Wildman–Crippen MR) is 53.0 cm³/mol. The number of carbonyl (C=O) groups excluding carboxylic acids is 1.